The standard InChI is InChI=1S/C25H36O5/c1-2-24-18-12-5-3-4-8-16-22(27)20-23(28)17-11-6-9-14-21(26)15-10-7-13-19-25(29)30-24/h3-4,6-11,13-14,16,19,21-24,26-28H,2,5,12,15,17-18,20H2,1H3/b4-3+,10-7+,11-6-,14-9+,16-8+,19-13-/t21-,22-,23-,24-/m0/s1. The molecule has 5 heteroatoms. The summed E-state index contributed by atoms with van der Waals surface area (Å²) in [6.45, 7) is 1.99. The topological polar surface area (TPSA) is 87.0 Å². The number of aliphatic hydroxyl groups is 3. The molecule has 1 rings (SSSR count). The van der Waals surface area contributed by atoms with Gasteiger partial charge in [-0.1, -0.05) is 73.8 Å². The number of cyclic esters (lactones) is 1. The van der Waals surface area contributed by atoms with Crippen LogP contribution in [0.5, 0.6) is 0 Å². The molecule has 0 unspecified atom stereocenters. The highest BCUT2D eigenvalue weighted by Crippen LogP contribution is 2.10. The van der Waals surface area contributed by atoms with Gasteiger partial charge in [0.05, 0.1) is 18.3 Å². The normalized spacial score (nSPS) is 34.6. The van der Waals surface area contributed by atoms with Crippen molar-refractivity contribution < 1.29 is 24.9 Å². The molecule has 0 saturated heterocycles. The quantitative estimate of drug-likeness (QED) is 0.561. The number of esters is 1. The van der Waals surface area contributed by atoms with Gasteiger partial charge in [-0.3, -0.25) is 0 Å². The van der Waals surface area contributed by atoms with Crippen LogP contribution >= 0.6 is 0 Å². The summed E-state index contributed by atoms with van der Waals surface area (Å²) in [6, 6.07) is 0. The Kier molecular flexibility index (Phi) is 14.3. The van der Waals surface area contributed by atoms with Crippen LogP contribution in [0.25, 0.3) is 0 Å². The highest BCUT2D eigenvalue weighted by atomic mass is 16.5. The molecule has 166 valence electrons. The minimum absolute atomic E-state index is 0.107. The lowest BCUT2D eigenvalue weighted by molar-refractivity contribution is -0.143. The smallest absolute Gasteiger partial charge is 0.331 e. The Morgan fingerprint density at radius 2 is 1.57 bits per heavy atom. The van der Waals surface area contributed by atoms with Gasteiger partial charge in [0, 0.05) is 12.5 Å². The minimum atomic E-state index is -0.704. The molecule has 0 bridgehead atoms. The van der Waals surface area contributed by atoms with Crippen LogP contribution in [0.2, 0.25) is 0 Å². The van der Waals surface area contributed by atoms with E-state index in [1.807, 2.05) is 19.1 Å². The molecular weight excluding hydrogens is 380 g/mol. The summed E-state index contributed by atoms with van der Waals surface area (Å²) >= 11 is 0. The molecule has 1 aliphatic heterocycles. The van der Waals surface area contributed by atoms with Gasteiger partial charge in [-0.05, 0) is 38.5 Å². The van der Waals surface area contributed by atoms with E-state index in [-0.39, 0.29) is 18.5 Å². The molecule has 0 aliphatic carbocycles. The summed E-state index contributed by atoms with van der Waals surface area (Å²) in [7, 11) is 0. The highest BCUT2D eigenvalue weighted by molar-refractivity contribution is 5.82. The van der Waals surface area contributed by atoms with Crippen molar-refractivity contribution in [3.05, 3.63) is 72.9 Å². The molecule has 0 spiro atoms. The van der Waals surface area contributed by atoms with Gasteiger partial charge in [0.25, 0.3) is 0 Å². The largest absolute Gasteiger partial charge is 0.459 e. The maximum absolute atomic E-state index is 11.9. The van der Waals surface area contributed by atoms with E-state index in [1.165, 1.54) is 6.08 Å². The molecule has 0 fully saturated rings. The third kappa shape index (κ3) is 13.9. The monoisotopic (exact) mass is 416 g/mol. The first-order valence-electron chi connectivity index (χ1n) is 10.8. The number of carbonyl (C=O) groups is 1. The average Bonchev–Trinajstić information content (AvgIpc) is 2.70. The zero-order valence-electron chi connectivity index (χ0n) is 17.8. The van der Waals surface area contributed by atoms with E-state index in [2.05, 4.69) is 0 Å². The molecule has 4 atom stereocenters. The van der Waals surface area contributed by atoms with Gasteiger partial charge in [-0.2, -0.15) is 0 Å². The van der Waals surface area contributed by atoms with Crippen LogP contribution in [-0.4, -0.2) is 45.7 Å². The third-order valence-electron chi connectivity index (χ3n) is 4.57. The van der Waals surface area contributed by atoms with E-state index in [1.54, 1.807) is 54.7 Å². The van der Waals surface area contributed by atoms with Crippen LogP contribution in [0.3, 0.4) is 0 Å². The van der Waals surface area contributed by atoms with E-state index in [4.69, 9.17) is 4.74 Å². The van der Waals surface area contributed by atoms with Crippen molar-refractivity contribution in [2.24, 2.45) is 0 Å². The second-order valence-corrected chi connectivity index (χ2v) is 7.31. The fraction of sp³-hybridized carbons (Fsp3) is 0.480. The lowest BCUT2D eigenvalue weighted by Crippen LogP contribution is -2.15. The Morgan fingerprint density at radius 3 is 2.33 bits per heavy atom. The van der Waals surface area contributed by atoms with Crippen molar-refractivity contribution >= 4 is 5.97 Å². The van der Waals surface area contributed by atoms with Crippen molar-refractivity contribution in [2.75, 3.05) is 0 Å². The maximum Gasteiger partial charge on any atom is 0.331 e. The SMILES string of the molecule is CC[C@H]1CCC/C=C/C=C/[C@H](O)C[C@@H](O)C/C=C\C=C\[C@H](O)C/C=C/C=C\C(=O)O1. The number of allylic oxidation sites excluding steroid dienone is 7. The number of hydrogen-bond acceptors (Lipinski definition) is 5. The van der Waals surface area contributed by atoms with Gasteiger partial charge in [-0.15, -0.1) is 0 Å². The Morgan fingerprint density at radius 1 is 0.900 bits per heavy atom. The zero-order chi connectivity index (χ0) is 22.0. The second-order valence-electron chi connectivity index (χ2n) is 7.31. The molecule has 3 N–H and O–H groups in total. The summed E-state index contributed by atoms with van der Waals surface area (Å²) in [5.41, 5.74) is 0. The number of carbonyl (C=O) groups excluding carboxylic acids is 1. The van der Waals surface area contributed by atoms with Gasteiger partial charge in [0.2, 0.25) is 0 Å². The Labute approximate surface area is 180 Å². The molecule has 1 aliphatic rings. The molecular formula is C25H36O5. The van der Waals surface area contributed by atoms with E-state index in [9.17, 15) is 20.1 Å². The summed E-state index contributed by atoms with van der Waals surface area (Å²) in [4.78, 5) is 11.9. The summed E-state index contributed by atoms with van der Waals surface area (Å²) < 4.78 is 5.46. The van der Waals surface area contributed by atoms with Crippen LogP contribution < -0.4 is 0 Å². The lowest BCUT2D eigenvalue weighted by Gasteiger charge is -2.14. The van der Waals surface area contributed by atoms with Gasteiger partial charge in [0.15, 0.2) is 0 Å². The van der Waals surface area contributed by atoms with Crippen LogP contribution in [0, 0.1) is 0 Å². The van der Waals surface area contributed by atoms with Gasteiger partial charge in [0.1, 0.15) is 6.10 Å². The van der Waals surface area contributed by atoms with Crippen LogP contribution in [0.1, 0.15) is 51.9 Å². The van der Waals surface area contributed by atoms with Crippen LogP contribution in [0.15, 0.2) is 72.9 Å². The average molecular weight is 417 g/mol. The zero-order valence-corrected chi connectivity index (χ0v) is 17.8. The van der Waals surface area contributed by atoms with Crippen molar-refractivity contribution in [2.45, 2.75) is 76.3 Å². The van der Waals surface area contributed by atoms with Gasteiger partial charge < -0.3 is 20.1 Å². The van der Waals surface area contributed by atoms with E-state index < -0.39 is 18.3 Å². The molecule has 5 nitrogen and oxygen atoms in total. The van der Waals surface area contributed by atoms with Crippen LogP contribution in [-0.2, 0) is 9.53 Å². The summed E-state index contributed by atoms with van der Waals surface area (Å²) in [5.74, 6) is -0.360. The van der Waals surface area contributed by atoms with E-state index in [0.29, 0.717) is 12.8 Å². The second kappa shape index (κ2) is 16.6. The van der Waals surface area contributed by atoms with Crippen molar-refractivity contribution in [3.63, 3.8) is 0 Å². The number of ether oxygens (including phenoxy) is 1. The number of aliphatic hydroxyl groups excluding tert-OH is 3. The number of rotatable bonds is 1. The minimum Gasteiger partial charge on any atom is -0.459 e. The first kappa shape index (κ1) is 25.8. The number of hydrogen-bond donors (Lipinski definition) is 3. The first-order valence-corrected chi connectivity index (χ1v) is 10.8. The Balaban J connectivity index is 2.70. The molecule has 0 amide bonds. The van der Waals surface area contributed by atoms with Crippen molar-refractivity contribution in [3.8, 4) is 0 Å². The lowest BCUT2D eigenvalue weighted by atomic mass is 10.1. The van der Waals surface area contributed by atoms with Gasteiger partial charge >= 0.3 is 5.97 Å². The molecule has 0 aromatic rings. The fourth-order valence-corrected chi connectivity index (χ4v) is 2.85. The maximum atomic E-state index is 11.9. The molecule has 1 heterocycles. The molecule has 0 aromatic carbocycles. The first-order chi connectivity index (χ1) is 14.5. The third-order valence-corrected chi connectivity index (χ3v) is 4.57. The van der Waals surface area contributed by atoms with Crippen LogP contribution in [0.4, 0.5) is 0 Å². The van der Waals surface area contributed by atoms with Crippen molar-refractivity contribution in [1.29, 1.82) is 0 Å². The van der Waals surface area contributed by atoms with E-state index >= 15 is 0 Å². The predicted octanol–water partition coefficient (Wildman–Crippen LogP) is 4.08. The van der Waals surface area contributed by atoms with Crippen molar-refractivity contribution in [1.82, 2.24) is 0 Å². The molecule has 0 aromatic heterocycles. The summed E-state index contributed by atoms with van der Waals surface area (Å²) in [6.07, 6.45) is 23.2. The molecule has 0 saturated carbocycles. The van der Waals surface area contributed by atoms with E-state index in [0.717, 1.165) is 25.7 Å². The molecule has 30 heavy (non-hydrogen) atoms. The Bertz CT molecular complexity index is 642. The summed E-state index contributed by atoms with van der Waals surface area (Å²) in [5, 5.41) is 29.8. The Hall–Kier alpha value is -2.21. The van der Waals surface area contributed by atoms with Gasteiger partial charge in [-0.25, -0.2) is 4.79 Å². The highest BCUT2D eigenvalue weighted by Gasteiger charge is 2.10. The molecule has 0 radical (unpaired) electrons. The predicted molar refractivity (Wildman–Crippen MR) is 121 cm³/mol. The fourth-order valence-electron chi connectivity index (χ4n) is 2.85.